The highest BCUT2D eigenvalue weighted by molar-refractivity contribution is 8.00. The first-order valence-corrected chi connectivity index (χ1v) is 7.60. The highest BCUT2D eigenvalue weighted by Gasteiger charge is 2.39. The van der Waals surface area contributed by atoms with Crippen molar-refractivity contribution >= 4 is 11.8 Å². The second-order valence-corrected chi connectivity index (χ2v) is 7.11. The Balaban J connectivity index is 2.19. The van der Waals surface area contributed by atoms with Crippen molar-refractivity contribution < 1.29 is 0 Å². The van der Waals surface area contributed by atoms with Gasteiger partial charge in [0.15, 0.2) is 0 Å². The van der Waals surface area contributed by atoms with Gasteiger partial charge < -0.3 is 0 Å². The molecular weight excluding hydrogens is 224 g/mol. The van der Waals surface area contributed by atoms with Crippen LogP contribution in [0.25, 0.3) is 0 Å². The van der Waals surface area contributed by atoms with Gasteiger partial charge in [-0.25, -0.2) is 0 Å². The van der Waals surface area contributed by atoms with Crippen molar-refractivity contribution in [3.63, 3.8) is 0 Å². The first kappa shape index (κ1) is 11.4. The fourth-order valence-electron chi connectivity index (χ4n) is 3.30. The molecule has 0 bridgehead atoms. The number of hydrogen-bond donors (Lipinski definition) is 0. The summed E-state index contributed by atoms with van der Waals surface area (Å²) in [4.78, 5) is 0. The summed E-state index contributed by atoms with van der Waals surface area (Å²) in [5.74, 6) is 1.16. The molecule has 3 rings (SSSR count). The Morgan fingerprint density at radius 2 is 2.18 bits per heavy atom. The molecule has 90 valence electrons. The second kappa shape index (κ2) is 3.91. The zero-order chi connectivity index (χ0) is 12.0. The summed E-state index contributed by atoms with van der Waals surface area (Å²) in [6.45, 7) is 7.08. The number of allylic oxidation sites excluding steroid dienone is 6. The van der Waals surface area contributed by atoms with Crippen LogP contribution in [0, 0.1) is 5.41 Å². The molecule has 0 aromatic rings. The van der Waals surface area contributed by atoms with E-state index in [1.807, 2.05) is 11.8 Å². The van der Waals surface area contributed by atoms with Crippen LogP contribution in [0.15, 0.2) is 46.6 Å². The smallest absolute Gasteiger partial charge is 0.0210 e. The molecule has 1 unspecified atom stereocenters. The first-order valence-electron chi connectivity index (χ1n) is 6.55. The van der Waals surface area contributed by atoms with E-state index in [4.69, 9.17) is 0 Å². The quantitative estimate of drug-likeness (QED) is 0.597. The van der Waals surface area contributed by atoms with E-state index in [9.17, 15) is 0 Å². The van der Waals surface area contributed by atoms with Crippen molar-refractivity contribution in [2.75, 3.05) is 5.75 Å². The molecule has 1 aliphatic heterocycles. The molecule has 0 saturated heterocycles. The third-order valence-corrected chi connectivity index (χ3v) is 5.20. The van der Waals surface area contributed by atoms with Crippen molar-refractivity contribution in [3.05, 3.63) is 46.6 Å². The normalized spacial score (nSPS) is 30.4. The first-order chi connectivity index (χ1) is 8.10. The fraction of sp³-hybridized carbons (Fsp3) is 0.500. The molecular formula is C16H20S. The van der Waals surface area contributed by atoms with Crippen LogP contribution in [0.1, 0.15) is 33.6 Å². The van der Waals surface area contributed by atoms with Gasteiger partial charge in [-0.05, 0) is 42.1 Å². The molecule has 0 radical (unpaired) electrons. The van der Waals surface area contributed by atoms with Crippen molar-refractivity contribution in [1.82, 2.24) is 0 Å². The monoisotopic (exact) mass is 244 g/mol. The van der Waals surface area contributed by atoms with Gasteiger partial charge in [0.1, 0.15) is 0 Å². The van der Waals surface area contributed by atoms with E-state index in [1.165, 1.54) is 12.8 Å². The third kappa shape index (κ3) is 1.67. The highest BCUT2D eigenvalue weighted by atomic mass is 32.2. The maximum absolute atomic E-state index is 2.49. The maximum atomic E-state index is 2.49. The van der Waals surface area contributed by atoms with Gasteiger partial charge in [-0.2, -0.15) is 11.8 Å². The Hall–Kier alpha value is -0.690. The van der Waals surface area contributed by atoms with Gasteiger partial charge in [-0.3, -0.25) is 0 Å². The molecule has 0 aromatic carbocycles. The molecule has 1 atom stereocenters. The van der Waals surface area contributed by atoms with E-state index >= 15 is 0 Å². The number of hydrogen-bond acceptors (Lipinski definition) is 1. The van der Waals surface area contributed by atoms with Crippen LogP contribution in [0.3, 0.4) is 0 Å². The summed E-state index contributed by atoms with van der Waals surface area (Å²) >= 11 is 2.04. The molecule has 0 fully saturated rings. The fourth-order valence-corrected chi connectivity index (χ4v) is 4.09. The SMILES string of the molecule is CC1C=C2C(=CCS1)C(C)(C)C1=C2CCC=C1. The van der Waals surface area contributed by atoms with Crippen molar-refractivity contribution in [2.45, 2.75) is 38.9 Å². The van der Waals surface area contributed by atoms with E-state index in [0.29, 0.717) is 5.25 Å². The Bertz CT molecular complexity index is 472. The lowest BCUT2D eigenvalue weighted by molar-refractivity contribution is 0.575. The molecule has 0 aromatic heterocycles. The van der Waals surface area contributed by atoms with E-state index in [2.05, 4.69) is 45.1 Å². The summed E-state index contributed by atoms with van der Waals surface area (Å²) in [5.41, 5.74) is 6.55. The molecule has 0 spiro atoms. The van der Waals surface area contributed by atoms with Crippen LogP contribution in [0.5, 0.6) is 0 Å². The van der Waals surface area contributed by atoms with Crippen LogP contribution < -0.4 is 0 Å². The zero-order valence-electron chi connectivity index (χ0n) is 10.9. The number of rotatable bonds is 0. The standard InChI is InChI=1S/C16H20S/c1-11-10-13-12-6-4-5-7-14(12)16(2,3)15(13)8-9-17-11/h5,7-8,10-11H,4,6,9H2,1-3H3. The topological polar surface area (TPSA) is 0 Å². The van der Waals surface area contributed by atoms with Crippen LogP contribution >= 0.6 is 11.8 Å². The van der Waals surface area contributed by atoms with Gasteiger partial charge >= 0.3 is 0 Å². The minimum absolute atomic E-state index is 0.225. The van der Waals surface area contributed by atoms with Crippen LogP contribution in [0.2, 0.25) is 0 Å². The number of thioether (sulfide) groups is 1. The molecule has 0 amide bonds. The van der Waals surface area contributed by atoms with Gasteiger partial charge in [0.25, 0.3) is 0 Å². The molecule has 1 heterocycles. The van der Waals surface area contributed by atoms with Crippen molar-refractivity contribution in [3.8, 4) is 0 Å². The average Bonchev–Trinajstić information content (AvgIpc) is 2.45. The Morgan fingerprint density at radius 3 is 3.00 bits per heavy atom. The van der Waals surface area contributed by atoms with Gasteiger partial charge in [-0.1, -0.05) is 38.2 Å². The van der Waals surface area contributed by atoms with Gasteiger partial charge in [-0.15, -0.1) is 0 Å². The van der Waals surface area contributed by atoms with Gasteiger partial charge in [0.05, 0.1) is 0 Å². The largest absolute Gasteiger partial charge is 0.150 e. The Morgan fingerprint density at radius 1 is 1.35 bits per heavy atom. The van der Waals surface area contributed by atoms with E-state index in [1.54, 1.807) is 22.3 Å². The van der Waals surface area contributed by atoms with Crippen LogP contribution in [0.4, 0.5) is 0 Å². The number of fused-ring (bicyclic) bond motifs is 2. The zero-order valence-corrected chi connectivity index (χ0v) is 11.7. The van der Waals surface area contributed by atoms with Crippen molar-refractivity contribution in [2.24, 2.45) is 5.41 Å². The minimum Gasteiger partial charge on any atom is -0.150 e. The Labute approximate surface area is 109 Å². The van der Waals surface area contributed by atoms with Crippen LogP contribution in [-0.4, -0.2) is 11.0 Å². The maximum Gasteiger partial charge on any atom is 0.0210 e. The van der Waals surface area contributed by atoms with Gasteiger partial charge in [0, 0.05) is 16.4 Å². The summed E-state index contributed by atoms with van der Waals surface area (Å²) < 4.78 is 0. The Kier molecular flexibility index (Phi) is 2.62. The van der Waals surface area contributed by atoms with E-state index in [0.717, 1.165) is 5.75 Å². The predicted molar refractivity (Wildman–Crippen MR) is 77.3 cm³/mol. The molecule has 17 heavy (non-hydrogen) atoms. The minimum atomic E-state index is 0.225. The van der Waals surface area contributed by atoms with Crippen LogP contribution in [-0.2, 0) is 0 Å². The van der Waals surface area contributed by atoms with E-state index in [-0.39, 0.29) is 5.41 Å². The molecule has 0 nitrogen and oxygen atoms in total. The lowest BCUT2D eigenvalue weighted by Gasteiger charge is -2.24. The summed E-state index contributed by atoms with van der Waals surface area (Å²) in [5, 5.41) is 0.646. The summed E-state index contributed by atoms with van der Waals surface area (Å²) in [6.07, 6.45) is 12.1. The lowest BCUT2D eigenvalue weighted by Crippen LogP contribution is -2.13. The molecule has 0 N–H and O–H groups in total. The molecule has 2 aliphatic carbocycles. The highest BCUT2D eigenvalue weighted by Crippen LogP contribution is 2.54. The summed E-state index contributed by atoms with van der Waals surface area (Å²) in [7, 11) is 0. The van der Waals surface area contributed by atoms with Crippen molar-refractivity contribution in [1.29, 1.82) is 0 Å². The average molecular weight is 244 g/mol. The molecule has 3 aliphatic rings. The summed E-state index contributed by atoms with van der Waals surface area (Å²) in [6, 6.07) is 0. The van der Waals surface area contributed by atoms with E-state index < -0.39 is 0 Å². The predicted octanol–water partition coefficient (Wildman–Crippen LogP) is 4.66. The molecule has 1 heteroatoms. The second-order valence-electron chi connectivity index (χ2n) is 5.69. The third-order valence-electron chi connectivity index (χ3n) is 4.18. The van der Waals surface area contributed by atoms with Gasteiger partial charge in [0.2, 0.25) is 0 Å². The molecule has 0 saturated carbocycles. The lowest BCUT2D eigenvalue weighted by atomic mass is 9.80.